The summed E-state index contributed by atoms with van der Waals surface area (Å²) in [4.78, 5) is 4.99. The third kappa shape index (κ3) is 5.73. The summed E-state index contributed by atoms with van der Waals surface area (Å²) in [5, 5.41) is 5.00. The van der Waals surface area contributed by atoms with Crippen molar-refractivity contribution in [1.82, 2.24) is 0 Å². The molecule has 0 saturated carbocycles. The summed E-state index contributed by atoms with van der Waals surface area (Å²) in [6, 6.07) is 73.6. The molecule has 2 heteroatoms. The van der Waals surface area contributed by atoms with E-state index in [4.69, 9.17) is 0 Å². The van der Waals surface area contributed by atoms with Gasteiger partial charge in [0.15, 0.2) is 0 Å². The van der Waals surface area contributed by atoms with Gasteiger partial charge in [0, 0.05) is 52.4 Å². The molecular formula is C63H48N2. The number of fused-ring (bicyclic) bond motifs is 9. The van der Waals surface area contributed by atoms with Gasteiger partial charge in [0.05, 0.1) is 0 Å². The van der Waals surface area contributed by atoms with E-state index in [1.807, 2.05) is 0 Å². The zero-order valence-electron chi connectivity index (χ0n) is 37.3. The van der Waals surface area contributed by atoms with E-state index in [0.717, 1.165) is 24.2 Å². The van der Waals surface area contributed by atoms with Crippen LogP contribution in [-0.4, -0.2) is 0 Å². The van der Waals surface area contributed by atoms with Crippen LogP contribution in [0.2, 0.25) is 0 Å². The topological polar surface area (TPSA) is 6.48 Å². The molecule has 2 nitrogen and oxygen atoms in total. The summed E-state index contributed by atoms with van der Waals surface area (Å²) >= 11 is 0. The molecule has 0 saturated heterocycles. The van der Waals surface area contributed by atoms with Gasteiger partial charge in [-0.05, 0) is 157 Å². The highest BCUT2D eigenvalue weighted by Crippen LogP contribution is 2.54. The van der Waals surface area contributed by atoms with Crippen LogP contribution in [0.25, 0.3) is 54.9 Å². The quantitative estimate of drug-likeness (QED) is 0.163. The molecule has 310 valence electrons. The Morgan fingerprint density at radius 1 is 0.354 bits per heavy atom. The van der Waals surface area contributed by atoms with Gasteiger partial charge in [0.2, 0.25) is 0 Å². The standard InChI is InChI=1S/C63H48N2/c1-39-31-40(2)33-46(32-39)62-52-30-27-47(64-57-21-11-5-15-41(57)34-42-16-6-12-22-58(42)64)37-53(52)61(45-25-28-50-49-19-9-10-20-55(49)63(3,4)56(50)36-45)51-29-26-48(38-54(51)62)65-59-23-13-7-17-43(59)35-44-18-8-14-24-60(44)65/h5-33,36-38H,34-35H2,1-4H3. The van der Waals surface area contributed by atoms with Gasteiger partial charge in [0.1, 0.15) is 0 Å². The molecule has 0 fully saturated rings. The first-order valence-corrected chi connectivity index (χ1v) is 23.1. The Kier molecular flexibility index (Phi) is 8.24. The summed E-state index contributed by atoms with van der Waals surface area (Å²) in [5.74, 6) is 0. The van der Waals surface area contributed by atoms with E-state index in [-0.39, 0.29) is 5.41 Å². The second-order valence-electron chi connectivity index (χ2n) is 19.1. The minimum absolute atomic E-state index is 0.138. The van der Waals surface area contributed by atoms with Crippen LogP contribution in [0.5, 0.6) is 0 Å². The molecule has 1 aliphatic carbocycles. The van der Waals surface area contributed by atoms with Crippen LogP contribution in [0.4, 0.5) is 34.1 Å². The summed E-state index contributed by atoms with van der Waals surface area (Å²) < 4.78 is 0. The number of hydrogen-bond acceptors (Lipinski definition) is 2. The Bertz CT molecular complexity index is 3520. The first-order chi connectivity index (χ1) is 31.8. The van der Waals surface area contributed by atoms with Crippen molar-refractivity contribution in [3.8, 4) is 33.4 Å². The predicted molar refractivity (Wildman–Crippen MR) is 274 cm³/mol. The van der Waals surface area contributed by atoms with Crippen molar-refractivity contribution in [3.05, 3.63) is 239 Å². The van der Waals surface area contributed by atoms with Crippen LogP contribution in [-0.2, 0) is 18.3 Å². The van der Waals surface area contributed by atoms with Gasteiger partial charge < -0.3 is 9.80 Å². The molecule has 0 unspecified atom stereocenters. The molecule has 0 amide bonds. The minimum Gasteiger partial charge on any atom is -0.310 e. The molecular weight excluding hydrogens is 785 g/mol. The van der Waals surface area contributed by atoms with Gasteiger partial charge in [-0.15, -0.1) is 0 Å². The predicted octanol–water partition coefficient (Wildman–Crippen LogP) is 17.0. The van der Waals surface area contributed by atoms with Crippen LogP contribution in [0.3, 0.4) is 0 Å². The van der Waals surface area contributed by atoms with Crippen LogP contribution in [0.15, 0.2) is 194 Å². The van der Waals surface area contributed by atoms with Crippen molar-refractivity contribution in [2.45, 2.75) is 46.0 Å². The molecule has 10 aromatic carbocycles. The van der Waals surface area contributed by atoms with E-state index in [1.165, 1.54) is 122 Å². The molecule has 10 aromatic rings. The number of anilines is 6. The normalized spacial score (nSPS) is 14.1. The van der Waals surface area contributed by atoms with Crippen LogP contribution in [0.1, 0.15) is 58.4 Å². The maximum Gasteiger partial charge on any atom is 0.0497 e. The first kappa shape index (κ1) is 37.8. The molecule has 13 rings (SSSR count). The van der Waals surface area contributed by atoms with E-state index in [9.17, 15) is 0 Å². The van der Waals surface area contributed by atoms with E-state index in [0.29, 0.717) is 0 Å². The van der Waals surface area contributed by atoms with Crippen molar-refractivity contribution in [2.24, 2.45) is 0 Å². The van der Waals surface area contributed by atoms with E-state index >= 15 is 0 Å². The van der Waals surface area contributed by atoms with Gasteiger partial charge in [-0.1, -0.05) is 165 Å². The monoisotopic (exact) mass is 832 g/mol. The van der Waals surface area contributed by atoms with Crippen molar-refractivity contribution < 1.29 is 0 Å². The Balaban J connectivity index is 1.14. The number of rotatable bonds is 4. The molecule has 3 aliphatic rings. The smallest absolute Gasteiger partial charge is 0.0497 e. The van der Waals surface area contributed by atoms with Gasteiger partial charge in [0.25, 0.3) is 0 Å². The van der Waals surface area contributed by atoms with Gasteiger partial charge in [-0.25, -0.2) is 0 Å². The minimum atomic E-state index is -0.138. The highest BCUT2D eigenvalue weighted by Gasteiger charge is 2.36. The summed E-state index contributed by atoms with van der Waals surface area (Å²) in [6.45, 7) is 9.25. The molecule has 2 aliphatic heterocycles. The Labute approximate surface area is 381 Å². The lowest BCUT2D eigenvalue weighted by molar-refractivity contribution is 0.660. The Hall–Kier alpha value is -7.68. The lowest BCUT2D eigenvalue weighted by atomic mass is 9.80. The molecule has 65 heavy (non-hydrogen) atoms. The lowest BCUT2D eigenvalue weighted by Crippen LogP contribution is -2.18. The molecule has 0 radical (unpaired) electrons. The first-order valence-electron chi connectivity index (χ1n) is 23.1. The molecule has 0 atom stereocenters. The maximum atomic E-state index is 2.52. The number of aryl methyl sites for hydroxylation is 2. The Morgan fingerprint density at radius 3 is 1.29 bits per heavy atom. The third-order valence-electron chi connectivity index (χ3n) is 14.7. The number of hydrogen-bond donors (Lipinski definition) is 0. The number of benzene rings is 10. The van der Waals surface area contributed by atoms with Crippen LogP contribution in [0, 0.1) is 13.8 Å². The molecule has 0 spiro atoms. The fourth-order valence-corrected chi connectivity index (χ4v) is 11.8. The summed E-state index contributed by atoms with van der Waals surface area (Å²) in [6.07, 6.45) is 1.84. The SMILES string of the molecule is Cc1cc(C)cc(-c2c3ccc(N4c5ccccc5Cc5ccccc54)cc3c(-c3ccc4c(c3)C(C)(C)c3ccccc3-4)c3ccc(N4c5ccccc5Cc5ccccc54)cc23)c1. The van der Waals surface area contributed by atoms with E-state index < -0.39 is 0 Å². The highest BCUT2D eigenvalue weighted by molar-refractivity contribution is 6.23. The molecule has 0 N–H and O–H groups in total. The number of nitrogens with zero attached hydrogens (tertiary/aromatic N) is 2. The average molecular weight is 833 g/mol. The molecule has 0 bridgehead atoms. The average Bonchev–Trinajstić information content (AvgIpc) is 3.56. The second-order valence-corrected chi connectivity index (χ2v) is 19.1. The van der Waals surface area contributed by atoms with Crippen LogP contribution >= 0.6 is 0 Å². The summed E-state index contributed by atoms with van der Waals surface area (Å²) in [7, 11) is 0. The van der Waals surface area contributed by atoms with Gasteiger partial charge in [-0.2, -0.15) is 0 Å². The fourth-order valence-electron chi connectivity index (χ4n) is 11.8. The third-order valence-corrected chi connectivity index (χ3v) is 14.7. The van der Waals surface area contributed by atoms with Crippen molar-refractivity contribution >= 4 is 55.7 Å². The van der Waals surface area contributed by atoms with Gasteiger partial charge in [-0.3, -0.25) is 0 Å². The second kappa shape index (κ2) is 14.2. The number of para-hydroxylation sites is 4. The van der Waals surface area contributed by atoms with Crippen LogP contribution < -0.4 is 9.80 Å². The van der Waals surface area contributed by atoms with Gasteiger partial charge >= 0.3 is 0 Å². The van der Waals surface area contributed by atoms with E-state index in [2.05, 4.69) is 232 Å². The molecule has 0 aromatic heterocycles. The van der Waals surface area contributed by atoms with E-state index in [1.54, 1.807) is 0 Å². The van der Waals surface area contributed by atoms with Crippen molar-refractivity contribution in [1.29, 1.82) is 0 Å². The Morgan fingerprint density at radius 2 is 0.785 bits per heavy atom. The van der Waals surface area contributed by atoms with Crippen molar-refractivity contribution in [3.63, 3.8) is 0 Å². The van der Waals surface area contributed by atoms with Crippen molar-refractivity contribution in [2.75, 3.05) is 9.80 Å². The lowest BCUT2D eigenvalue weighted by Gasteiger charge is -2.34. The maximum absolute atomic E-state index is 2.52. The highest BCUT2D eigenvalue weighted by atomic mass is 15.2. The fraction of sp³-hybridized carbons (Fsp3) is 0.111. The molecule has 2 heterocycles. The zero-order chi connectivity index (χ0) is 43.6. The zero-order valence-corrected chi connectivity index (χ0v) is 37.3. The summed E-state index contributed by atoms with van der Waals surface area (Å²) in [5.41, 5.74) is 25.5. The largest absolute Gasteiger partial charge is 0.310 e.